The van der Waals surface area contributed by atoms with Crippen LogP contribution in [0.25, 0.3) is 11.5 Å². The van der Waals surface area contributed by atoms with E-state index in [1.807, 2.05) is 31.2 Å². The molecule has 0 aliphatic rings. The molecule has 0 aliphatic heterocycles. The first kappa shape index (κ1) is 22.7. The van der Waals surface area contributed by atoms with E-state index in [2.05, 4.69) is 15.7 Å². The van der Waals surface area contributed by atoms with Crippen molar-refractivity contribution in [3.63, 3.8) is 0 Å². The number of hydrogen-bond donors (Lipinski definition) is 2. The van der Waals surface area contributed by atoms with E-state index < -0.39 is 24.0 Å². The van der Waals surface area contributed by atoms with Crippen molar-refractivity contribution in [1.82, 2.24) is 15.1 Å². The van der Waals surface area contributed by atoms with Crippen molar-refractivity contribution >= 4 is 17.5 Å². The normalized spacial score (nSPS) is 10.6. The van der Waals surface area contributed by atoms with Gasteiger partial charge in [-0.3, -0.25) is 9.59 Å². The maximum Gasteiger partial charge on any atom is 0.437 e. The standard InChI is InChI=1S/C25H21FN4O4/c1-16-6-8-17(9-7-16)14-27-23(32)20-4-2-3-5-21(20)28-22(31)15-30-25(33)34-24(29-30)18-10-12-19(26)13-11-18/h2-13H,14-15H2,1H3,(H,27,32)(H,28,31). The minimum absolute atomic E-state index is 0.0336. The average Bonchev–Trinajstić information content (AvgIpc) is 3.19. The van der Waals surface area contributed by atoms with Crippen LogP contribution in [0, 0.1) is 12.7 Å². The van der Waals surface area contributed by atoms with Gasteiger partial charge >= 0.3 is 5.76 Å². The fourth-order valence-corrected chi connectivity index (χ4v) is 3.21. The molecule has 0 unspecified atom stereocenters. The molecule has 3 aromatic carbocycles. The quantitative estimate of drug-likeness (QED) is 0.439. The van der Waals surface area contributed by atoms with Crippen molar-refractivity contribution in [1.29, 1.82) is 0 Å². The Kier molecular flexibility index (Phi) is 6.63. The third-order valence-electron chi connectivity index (χ3n) is 5.01. The Morgan fingerprint density at radius 1 is 1.00 bits per heavy atom. The second kappa shape index (κ2) is 9.95. The van der Waals surface area contributed by atoms with Gasteiger partial charge in [0, 0.05) is 12.1 Å². The minimum atomic E-state index is -0.835. The number of carbonyl (C=O) groups is 2. The third kappa shape index (κ3) is 5.44. The summed E-state index contributed by atoms with van der Waals surface area (Å²) in [5, 5.41) is 9.46. The van der Waals surface area contributed by atoms with Gasteiger partial charge in [-0.1, -0.05) is 42.0 Å². The third-order valence-corrected chi connectivity index (χ3v) is 5.01. The molecule has 172 valence electrons. The maximum atomic E-state index is 13.1. The summed E-state index contributed by atoms with van der Waals surface area (Å²) in [6.07, 6.45) is 0. The lowest BCUT2D eigenvalue weighted by molar-refractivity contribution is -0.117. The molecule has 0 saturated heterocycles. The number of aromatic nitrogens is 2. The molecule has 0 radical (unpaired) electrons. The Balaban J connectivity index is 1.43. The van der Waals surface area contributed by atoms with Crippen LogP contribution in [0.3, 0.4) is 0 Å². The highest BCUT2D eigenvalue weighted by atomic mass is 19.1. The molecule has 4 aromatic rings. The molecule has 1 aromatic heterocycles. The summed E-state index contributed by atoms with van der Waals surface area (Å²) >= 11 is 0. The summed E-state index contributed by atoms with van der Waals surface area (Å²) in [4.78, 5) is 37.4. The van der Waals surface area contributed by atoms with Crippen LogP contribution < -0.4 is 16.4 Å². The summed E-state index contributed by atoms with van der Waals surface area (Å²) in [7, 11) is 0. The van der Waals surface area contributed by atoms with Crippen LogP contribution in [-0.4, -0.2) is 21.6 Å². The van der Waals surface area contributed by atoms with E-state index in [1.165, 1.54) is 24.3 Å². The van der Waals surface area contributed by atoms with E-state index in [1.54, 1.807) is 24.3 Å². The van der Waals surface area contributed by atoms with Crippen LogP contribution >= 0.6 is 0 Å². The number of hydrogen-bond acceptors (Lipinski definition) is 5. The molecule has 1 heterocycles. The first-order valence-electron chi connectivity index (χ1n) is 10.5. The smallest absolute Gasteiger partial charge is 0.388 e. The summed E-state index contributed by atoms with van der Waals surface area (Å²) < 4.78 is 19.0. The summed E-state index contributed by atoms with van der Waals surface area (Å²) in [5.41, 5.74) is 3.04. The van der Waals surface area contributed by atoms with Gasteiger partial charge in [-0.2, -0.15) is 4.68 Å². The molecule has 2 N–H and O–H groups in total. The molecule has 4 rings (SSSR count). The number of nitrogens with zero attached hydrogens (tertiary/aromatic N) is 2. The fraction of sp³-hybridized carbons (Fsp3) is 0.120. The SMILES string of the molecule is Cc1ccc(CNC(=O)c2ccccc2NC(=O)Cn2nc(-c3ccc(F)cc3)oc2=O)cc1. The van der Waals surface area contributed by atoms with Crippen molar-refractivity contribution < 1.29 is 18.4 Å². The van der Waals surface area contributed by atoms with Crippen LogP contribution in [0.5, 0.6) is 0 Å². The Bertz CT molecular complexity index is 1380. The zero-order valence-corrected chi connectivity index (χ0v) is 18.2. The number of carbonyl (C=O) groups excluding carboxylic acids is 2. The number of rotatable bonds is 7. The Morgan fingerprint density at radius 2 is 1.71 bits per heavy atom. The summed E-state index contributed by atoms with van der Waals surface area (Å²) in [5.74, 6) is -2.23. The molecule has 0 saturated carbocycles. The Hall–Kier alpha value is -4.53. The molecule has 0 bridgehead atoms. The van der Waals surface area contributed by atoms with E-state index in [4.69, 9.17) is 4.42 Å². The van der Waals surface area contributed by atoms with Gasteiger partial charge < -0.3 is 15.1 Å². The number of nitrogens with one attached hydrogen (secondary N) is 2. The van der Waals surface area contributed by atoms with Gasteiger partial charge in [0.2, 0.25) is 11.8 Å². The molecule has 0 spiro atoms. The molecule has 8 nitrogen and oxygen atoms in total. The van der Waals surface area contributed by atoms with Gasteiger partial charge in [-0.15, -0.1) is 5.10 Å². The lowest BCUT2D eigenvalue weighted by atomic mass is 10.1. The van der Waals surface area contributed by atoms with Crippen LogP contribution in [0.4, 0.5) is 10.1 Å². The Labute approximate surface area is 194 Å². The van der Waals surface area contributed by atoms with Gasteiger partial charge in [-0.25, -0.2) is 9.18 Å². The predicted molar refractivity (Wildman–Crippen MR) is 124 cm³/mol. The zero-order chi connectivity index (χ0) is 24.1. The van der Waals surface area contributed by atoms with Crippen molar-refractivity contribution in [2.45, 2.75) is 20.0 Å². The van der Waals surface area contributed by atoms with Crippen LogP contribution in [0.1, 0.15) is 21.5 Å². The monoisotopic (exact) mass is 460 g/mol. The van der Waals surface area contributed by atoms with Crippen LogP contribution in [-0.2, 0) is 17.9 Å². The summed E-state index contributed by atoms with van der Waals surface area (Å²) in [6.45, 7) is 1.89. The average molecular weight is 460 g/mol. The van der Waals surface area contributed by atoms with Gasteiger partial charge in [-0.05, 0) is 48.9 Å². The van der Waals surface area contributed by atoms with Crippen LogP contribution in [0.15, 0.2) is 82.0 Å². The lowest BCUT2D eigenvalue weighted by Gasteiger charge is -2.11. The largest absolute Gasteiger partial charge is 0.437 e. The van der Waals surface area contributed by atoms with Gasteiger partial charge in [0.25, 0.3) is 5.91 Å². The van der Waals surface area contributed by atoms with Crippen LogP contribution in [0.2, 0.25) is 0 Å². The first-order valence-corrected chi connectivity index (χ1v) is 10.5. The molecule has 34 heavy (non-hydrogen) atoms. The van der Waals surface area contributed by atoms with Crippen molar-refractivity contribution in [3.05, 3.63) is 106 Å². The van der Waals surface area contributed by atoms with E-state index >= 15 is 0 Å². The molecule has 2 amide bonds. The van der Waals surface area contributed by atoms with Crippen molar-refractivity contribution in [3.8, 4) is 11.5 Å². The maximum absolute atomic E-state index is 13.1. The van der Waals surface area contributed by atoms with E-state index in [9.17, 15) is 18.8 Å². The molecule has 0 atom stereocenters. The number of para-hydroxylation sites is 1. The second-order valence-corrected chi connectivity index (χ2v) is 7.60. The number of aryl methyl sites for hydroxylation is 1. The van der Waals surface area contributed by atoms with E-state index in [0.29, 0.717) is 17.8 Å². The second-order valence-electron chi connectivity index (χ2n) is 7.60. The van der Waals surface area contributed by atoms with Gasteiger partial charge in [0.1, 0.15) is 12.4 Å². The summed E-state index contributed by atoms with van der Waals surface area (Å²) in [6, 6.07) is 19.6. The highest BCUT2D eigenvalue weighted by molar-refractivity contribution is 6.03. The molecular formula is C25H21FN4O4. The lowest BCUT2D eigenvalue weighted by Crippen LogP contribution is -2.28. The highest BCUT2D eigenvalue weighted by Gasteiger charge is 2.16. The first-order chi connectivity index (χ1) is 16.4. The van der Waals surface area contributed by atoms with Crippen molar-refractivity contribution in [2.75, 3.05) is 5.32 Å². The molecule has 9 heteroatoms. The van der Waals surface area contributed by atoms with Gasteiger partial charge in [0.15, 0.2) is 0 Å². The number of benzene rings is 3. The predicted octanol–water partition coefficient (Wildman–Crippen LogP) is 3.52. The van der Waals surface area contributed by atoms with Crippen molar-refractivity contribution in [2.24, 2.45) is 0 Å². The van der Waals surface area contributed by atoms with E-state index in [-0.39, 0.29) is 17.4 Å². The minimum Gasteiger partial charge on any atom is -0.388 e. The molecule has 0 fully saturated rings. The zero-order valence-electron chi connectivity index (χ0n) is 18.2. The number of anilines is 1. The Morgan fingerprint density at radius 3 is 2.44 bits per heavy atom. The highest BCUT2D eigenvalue weighted by Crippen LogP contribution is 2.17. The fourth-order valence-electron chi connectivity index (χ4n) is 3.21. The number of halogens is 1. The molecular weight excluding hydrogens is 439 g/mol. The van der Waals surface area contributed by atoms with Gasteiger partial charge in [0.05, 0.1) is 11.3 Å². The number of amides is 2. The van der Waals surface area contributed by atoms with E-state index in [0.717, 1.165) is 15.8 Å². The topological polar surface area (TPSA) is 106 Å². The molecule has 0 aliphatic carbocycles.